The Balaban J connectivity index is 1.59. The van der Waals surface area contributed by atoms with Gasteiger partial charge in [0.15, 0.2) is 0 Å². The first-order valence-corrected chi connectivity index (χ1v) is 10.2. The number of carbonyl (C=O) groups excluding carboxylic acids is 2. The zero-order valence-electron chi connectivity index (χ0n) is 16.7. The van der Waals surface area contributed by atoms with Crippen LogP contribution in [-0.2, 0) is 11.2 Å². The molecule has 6 heteroatoms. The van der Waals surface area contributed by atoms with Gasteiger partial charge in [-0.3, -0.25) is 9.59 Å². The van der Waals surface area contributed by atoms with E-state index in [4.69, 9.17) is 5.73 Å². The lowest BCUT2D eigenvalue weighted by atomic mass is 9.97. The Bertz CT molecular complexity index is 1150. The number of anilines is 1. The van der Waals surface area contributed by atoms with Crippen LogP contribution in [-0.4, -0.2) is 42.4 Å². The molecule has 152 valence electrons. The zero-order valence-corrected chi connectivity index (χ0v) is 16.7. The summed E-state index contributed by atoms with van der Waals surface area (Å²) in [5.41, 5.74) is 9.92. The number of amides is 2. The minimum atomic E-state index is -0.613. The van der Waals surface area contributed by atoms with Gasteiger partial charge >= 0.3 is 0 Å². The summed E-state index contributed by atoms with van der Waals surface area (Å²) in [7, 11) is 0. The number of likely N-dealkylation sites (tertiary alicyclic amines) is 1. The molecule has 1 aliphatic carbocycles. The maximum absolute atomic E-state index is 15.4. The highest BCUT2D eigenvalue weighted by atomic mass is 19.1. The normalized spacial score (nSPS) is 21.0. The molecule has 0 bridgehead atoms. The maximum atomic E-state index is 15.4. The van der Waals surface area contributed by atoms with E-state index in [1.54, 1.807) is 6.92 Å². The first-order valence-electron chi connectivity index (χ1n) is 10.2. The fourth-order valence-electron chi connectivity index (χ4n) is 5.37. The number of fused-ring (bicyclic) bond motifs is 4. The molecular formula is C24H22FN3O2. The maximum Gasteiger partial charge on any atom is 0.298 e. The molecule has 2 unspecified atom stereocenters. The SMILES string of the molecule is CC#CC(=O)N1CCC2CN(c3c(F)cc(C(N)=O)c4c3-c3ccccc3C4)CC21. The van der Waals surface area contributed by atoms with Gasteiger partial charge in [-0.05, 0) is 48.4 Å². The van der Waals surface area contributed by atoms with E-state index < -0.39 is 11.7 Å². The van der Waals surface area contributed by atoms with Crippen molar-refractivity contribution in [2.75, 3.05) is 24.5 Å². The number of halogens is 1. The van der Waals surface area contributed by atoms with Gasteiger partial charge in [0, 0.05) is 36.7 Å². The van der Waals surface area contributed by atoms with Gasteiger partial charge in [-0.25, -0.2) is 4.39 Å². The molecule has 0 radical (unpaired) electrons. The molecule has 0 aromatic heterocycles. The summed E-state index contributed by atoms with van der Waals surface area (Å²) in [5, 5.41) is 0. The molecule has 30 heavy (non-hydrogen) atoms. The van der Waals surface area contributed by atoms with Crippen molar-refractivity contribution >= 4 is 17.5 Å². The monoisotopic (exact) mass is 403 g/mol. The van der Waals surface area contributed by atoms with E-state index in [-0.39, 0.29) is 23.4 Å². The molecular weight excluding hydrogens is 381 g/mol. The standard InChI is InChI=1S/C24H22FN3O2/c1-2-5-21(29)28-9-8-15-12-27(13-20(15)28)23-19(25)11-18(24(26)30)17-10-14-6-3-4-7-16(14)22(17)23/h3-4,6-7,11,15,20H,8-10,12-13H2,1H3,(H2,26,30). The van der Waals surface area contributed by atoms with Crippen LogP contribution in [0.4, 0.5) is 10.1 Å². The van der Waals surface area contributed by atoms with Crippen LogP contribution >= 0.6 is 0 Å². The molecule has 2 amide bonds. The van der Waals surface area contributed by atoms with Gasteiger partial charge in [0.1, 0.15) is 5.82 Å². The van der Waals surface area contributed by atoms with E-state index in [1.807, 2.05) is 34.1 Å². The molecule has 2 fully saturated rings. The van der Waals surface area contributed by atoms with Crippen LogP contribution in [0, 0.1) is 23.6 Å². The lowest BCUT2D eigenvalue weighted by Gasteiger charge is -2.27. The van der Waals surface area contributed by atoms with E-state index in [9.17, 15) is 9.59 Å². The highest BCUT2D eigenvalue weighted by Crippen LogP contribution is 2.47. The summed E-state index contributed by atoms with van der Waals surface area (Å²) >= 11 is 0. The van der Waals surface area contributed by atoms with Crippen LogP contribution in [0.5, 0.6) is 0 Å². The van der Waals surface area contributed by atoms with Crippen LogP contribution in [0.1, 0.15) is 34.8 Å². The van der Waals surface area contributed by atoms with E-state index in [1.165, 1.54) is 6.07 Å². The number of hydrogen-bond acceptors (Lipinski definition) is 3. The summed E-state index contributed by atoms with van der Waals surface area (Å²) in [6, 6.07) is 9.16. The summed E-state index contributed by atoms with van der Waals surface area (Å²) in [5.74, 6) is 4.39. The number of benzene rings is 2. The third kappa shape index (κ3) is 2.69. The van der Waals surface area contributed by atoms with Crippen molar-refractivity contribution in [3.63, 3.8) is 0 Å². The summed E-state index contributed by atoms with van der Waals surface area (Å²) in [6.07, 6.45) is 1.45. The second-order valence-corrected chi connectivity index (χ2v) is 8.20. The van der Waals surface area contributed by atoms with Crippen molar-refractivity contribution in [1.82, 2.24) is 4.90 Å². The predicted molar refractivity (Wildman–Crippen MR) is 112 cm³/mol. The van der Waals surface area contributed by atoms with Crippen LogP contribution < -0.4 is 10.6 Å². The Hall–Kier alpha value is -3.33. The second kappa shape index (κ2) is 6.88. The molecule has 2 aromatic rings. The highest BCUT2D eigenvalue weighted by molar-refractivity contribution is 6.01. The van der Waals surface area contributed by atoms with Gasteiger partial charge < -0.3 is 15.5 Å². The van der Waals surface area contributed by atoms with E-state index in [0.29, 0.717) is 31.7 Å². The largest absolute Gasteiger partial charge is 0.366 e. The number of nitrogens with two attached hydrogens (primary N) is 1. The molecule has 2 heterocycles. The lowest BCUT2D eigenvalue weighted by molar-refractivity contribution is -0.125. The van der Waals surface area contributed by atoms with Crippen molar-refractivity contribution in [2.45, 2.75) is 25.8 Å². The average molecular weight is 403 g/mol. The van der Waals surface area contributed by atoms with Crippen LogP contribution in [0.25, 0.3) is 11.1 Å². The van der Waals surface area contributed by atoms with Crippen molar-refractivity contribution < 1.29 is 14.0 Å². The molecule has 2 aromatic carbocycles. The summed E-state index contributed by atoms with van der Waals surface area (Å²) < 4.78 is 15.4. The molecule has 0 spiro atoms. The Morgan fingerprint density at radius 1 is 1.23 bits per heavy atom. The number of nitrogens with zero attached hydrogens (tertiary/aromatic N) is 2. The van der Waals surface area contributed by atoms with E-state index in [2.05, 4.69) is 11.8 Å². The molecule has 2 N–H and O–H groups in total. The molecule has 0 saturated carbocycles. The highest BCUT2D eigenvalue weighted by Gasteiger charge is 2.45. The Kier molecular flexibility index (Phi) is 4.28. The minimum absolute atomic E-state index is 0.0286. The van der Waals surface area contributed by atoms with Crippen molar-refractivity contribution in [3.05, 3.63) is 52.8 Å². The Morgan fingerprint density at radius 2 is 2.03 bits per heavy atom. The van der Waals surface area contributed by atoms with Crippen LogP contribution in [0.3, 0.4) is 0 Å². The Morgan fingerprint density at radius 3 is 2.80 bits per heavy atom. The molecule has 5 nitrogen and oxygen atoms in total. The van der Waals surface area contributed by atoms with E-state index in [0.717, 1.165) is 28.7 Å². The smallest absolute Gasteiger partial charge is 0.298 e. The molecule has 2 atom stereocenters. The number of hydrogen-bond donors (Lipinski definition) is 1. The summed E-state index contributed by atoms with van der Waals surface area (Å²) in [6.45, 7) is 3.59. The van der Waals surface area contributed by atoms with Crippen LogP contribution in [0.15, 0.2) is 30.3 Å². The second-order valence-electron chi connectivity index (χ2n) is 8.20. The molecule has 3 aliphatic rings. The first kappa shape index (κ1) is 18.7. The number of rotatable bonds is 2. The van der Waals surface area contributed by atoms with Crippen molar-refractivity contribution in [1.29, 1.82) is 0 Å². The van der Waals surface area contributed by atoms with Crippen molar-refractivity contribution in [3.8, 4) is 23.0 Å². The van der Waals surface area contributed by atoms with Gasteiger partial charge in [-0.1, -0.05) is 30.2 Å². The number of carbonyl (C=O) groups is 2. The zero-order chi connectivity index (χ0) is 21.0. The average Bonchev–Trinajstić information content (AvgIpc) is 3.39. The van der Waals surface area contributed by atoms with Gasteiger partial charge in [-0.15, -0.1) is 0 Å². The summed E-state index contributed by atoms with van der Waals surface area (Å²) in [4.78, 5) is 28.3. The minimum Gasteiger partial charge on any atom is -0.366 e. The first-order chi connectivity index (χ1) is 14.5. The van der Waals surface area contributed by atoms with E-state index >= 15 is 4.39 Å². The quantitative estimate of drug-likeness (QED) is 0.669. The molecule has 2 saturated heterocycles. The third-order valence-corrected chi connectivity index (χ3v) is 6.64. The molecule has 5 rings (SSSR count). The number of primary amides is 1. The van der Waals surface area contributed by atoms with Gasteiger partial charge in [0.05, 0.1) is 11.7 Å². The predicted octanol–water partition coefficient (Wildman–Crippen LogP) is 2.56. The van der Waals surface area contributed by atoms with Crippen LogP contribution in [0.2, 0.25) is 0 Å². The Labute approximate surface area is 174 Å². The fourth-order valence-corrected chi connectivity index (χ4v) is 5.37. The lowest BCUT2D eigenvalue weighted by Crippen LogP contribution is -2.39. The van der Waals surface area contributed by atoms with Gasteiger partial charge in [0.25, 0.3) is 5.91 Å². The third-order valence-electron chi connectivity index (χ3n) is 6.64. The van der Waals surface area contributed by atoms with Gasteiger partial charge in [0.2, 0.25) is 5.91 Å². The molecule has 2 aliphatic heterocycles. The topological polar surface area (TPSA) is 66.6 Å². The fraction of sp³-hybridized carbons (Fsp3) is 0.333. The van der Waals surface area contributed by atoms with Gasteiger partial charge in [-0.2, -0.15) is 0 Å². The van der Waals surface area contributed by atoms with Crippen molar-refractivity contribution in [2.24, 2.45) is 11.7 Å².